The molecule has 2 N–H and O–H groups in total. The summed E-state index contributed by atoms with van der Waals surface area (Å²) in [6, 6.07) is 5.64. The average molecular weight is 238 g/mol. The molecule has 1 aromatic heterocycles. The predicted octanol–water partition coefficient (Wildman–Crippen LogP) is 1.73. The van der Waals surface area contributed by atoms with Crippen molar-refractivity contribution in [2.24, 2.45) is 0 Å². The molecule has 0 atom stereocenters. The monoisotopic (exact) mass is 238 g/mol. The van der Waals surface area contributed by atoms with Crippen LogP contribution in [0.3, 0.4) is 0 Å². The van der Waals surface area contributed by atoms with E-state index < -0.39 is 11.1 Å². The summed E-state index contributed by atoms with van der Waals surface area (Å²) in [5, 5.41) is 13.3. The molecule has 0 bridgehead atoms. The van der Waals surface area contributed by atoms with E-state index in [1.807, 2.05) is 32.0 Å². The lowest BCUT2D eigenvalue weighted by molar-refractivity contribution is -0.00546. The van der Waals surface area contributed by atoms with E-state index in [1.54, 1.807) is 21.0 Å². The van der Waals surface area contributed by atoms with Gasteiger partial charge in [0.15, 0.2) is 0 Å². The van der Waals surface area contributed by atoms with Gasteiger partial charge in [-0.05, 0) is 33.8 Å². The first-order valence-electron chi connectivity index (χ1n) is 5.73. The maximum absolute atomic E-state index is 10.0. The molecule has 0 aliphatic rings. The number of aliphatic hydroxyl groups is 1. The molecule has 0 aliphatic carbocycles. The summed E-state index contributed by atoms with van der Waals surface area (Å²) in [6.07, 6.45) is 0. The van der Waals surface area contributed by atoms with Gasteiger partial charge in [0, 0.05) is 18.2 Å². The Morgan fingerprint density at radius 1 is 1.29 bits per heavy atom. The summed E-state index contributed by atoms with van der Waals surface area (Å²) in [5.74, 6) is 0.602. The topological polar surface area (TPSA) is 54.4 Å². The molecular weight excluding hydrogens is 216 g/mol. The Hall–Kier alpha value is -1.13. The first kappa shape index (κ1) is 13.9. The van der Waals surface area contributed by atoms with Crippen LogP contribution in [0.4, 0.5) is 0 Å². The number of pyridine rings is 1. The van der Waals surface area contributed by atoms with E-state index in [0.29, 0.717) is 12.4 Å². The van der Waals surface area contributed by atoms with Gasteiger partial charge in [0.1, 0.15) is 0 Å². The highest BCUT2D eigenvalue weighted by Gasteiger charge is 2.34. The smallest absolute Gasteiger partial charge is 0.213 e. The van der Waals surface area contributed by atoms with Crippen LogP contribution >= 0.6 is 0 Å². The lowest BCUT2D eigenvalue weighted by Crippen LogP contribution is -2.55. The van der Waals surface area contributed by atoms with Crippen LogP contribution in [0, 0.1) is 0 Å². The largest absolute Gasteiger partial charge is 0.481 e. The lowest BCUT2D eigenvalue weighted by atomic mass is 9.86. The minimum absolute atomic E-state index is 0.391. The Balaban J connectivity index is 2.67. The fraction of sp³-hybridized carbons (Fsp3) is 0.615. The van der Waals surface area contributed by atoms with E-state index in [0.717, 1.165) is 5.69 Å². The van der Waals surface area contributed by atoms with Gasteiger partial charge in [0.05, 0.1) is 18.4 Å². The molecule has 0 aliphatic heterocycles. The Labute approximate surface area is 103 Å². The zero-order valence-corrected chi connectivity index (χ0v) is 11.2. The van der Waals surface area contributed by atoms with Gasteiger partial charge in [0.25, 0.3) is 0 Å². The van der Waals surface area contributed by atoms with Gasteiger partial charge in [-0.1, -0.05) is 6.07 Å². The van der Waals surface area contributed by atoms with E-state index in [9.17, 15) is 5.11 Å². The van der Waals surface area contributed by atoms with Crippen molar-refractivity contribution in [2.75, 3.05) is 7.11 Å². The molecule has 96 valence electrons. The summed E-state index contributed by atoms with van der Waals surface area (Å²) in [7, 11) is 1.60. The summed E-state index contributed by atoms with van der Waals surface area (Å²) in [4.78, 5) is 4.31. The van der Waals surface area contributed by atoms with Gasteiger partial charge in [-0.15, -0.1) is 0 Å². The molecule has 0 saturated heterocycles. The second-order valence-electron chi connectivity index (χ2n) is 5.21. The van der Waals surface area contributed by atoms with Gasteiger partial charge in [-0.2, -0.15) is 0 Å². The van der Waals surface area contributed by atoms with Crippen molar-refractivity contribution >= 4 is 0 Å². The predicted molar refractivity (Wildman–Crippen MR) is 68.0 cm³/mol. The molecule has 1 aromatic rings. The van der Waals surface area contributed by atoms with E-state index in [1.165, 1.54) is 0 Å². The highest BCUT2D eigenvalue weighted by atomic mass is 16.5. The number of rotatable bonds is 5. The quantitative estimate of drug-likeness (QED) is 0.820. The van der Waals surface area contributed by atoms with Crippen LogP contribution in [0.25, 0.3) is 0 Å². The van der Waals surface area contributed by atoms with E-state index in [2.05, 4.69) is 10.3 Å². The number of nitrogens with one attached hydrogen (secondary N) is 1. The third-order valence-corrected chi connectivity index (χ3v) is 3.23. The van der Waals surface area contributed by atoms with Crippen LogP contribution in [0.2, 0.25) is 0 Å². The molecule has 0 radical (unpaired) electrons. The minimum Gasteiger partial charge on any atom is -0.481 e. The van der Waals surface area contributed by atoms with Gasteiger partial charge < -0.3 is 15.2 Å². The van der Waals surface area contributed by atoms with Crippen molar-refractivity contribution in [3.63, 3.8) is 0 Å². The third kappa shape index (κ3) is 3.68. The molecule has 4 nitrogen and oxygen atoms in total. The molecule has 0 saturated carbocycles. The van der Waals surface area contributed by atoms with Gasteiger partial charge in [0.2, 0.25) is 5.88 Å². The van der Waals surface area contributed by atoms with Gasteiger partial charge in [-0.3, -0.25) is 0 Å². The Kier molecular flexibility index (Phi) is 4.11. The Morgan fingerprint density at radius 3 is 2.47 bits per heavy atom. The van der Waals surface area contributed by atoms with E-state index >= 15 is 0 Å². The maximum atomic E-state index is 10.0. The Morgan fingerprint density at radius 2 is 1.94 bits per heavy atom. The highest BCUT2D eigenvalue weighted by molar-refractivity contribution is 5.15. The van der Waals surface area contributed by atoms with Crippen molar-refractivity contribution in [3.05, 3.63) is 23.9 Å². The molecule has 0 fully saturated rings. The molecule has 0 amide bonds. The van der Waals surface area contributed by atoms with Crippen molar-refractivity contribution < 1.29 is 9.84 Å². The molecule has 0 unspecified atom stereocenters. The number of hydrogen-bond acceptors (Lipinski definition) is 4. The molecule has 4 heteroatoms. The summed E-state index contributed by atoms with van der Waals surface area (Å²) in [5.41, 5.74) is -0.300. The highest BCUT2D eigenvalue weighted by Crippen LogP contribution is 2.21. The van der Waals surface area contributed by atoms with Crippen LogP contribution in [0.15, 0.2) is 18.2 Å². The second kappa shape index (κ2) is 5.02. The van der Waals surface area contributed by atoms with Crippen LogP contribution in [-0.2, 0) is 6.54 Å². The van der Waals surface area contributed by atoms with Crippen LogP contribution in [0.1, 0.15) is 33.4 Å². The fourth-order valence-corrected chi connectivity index (χ4v) is 1.20. The normalized spacial score (nSPS) is 12.6. The number of nitrogens with zero attached hydrogens (tertiary/aromatic N) is 1. The zero-order valence-electron chi connectivity index (χ0n) is 11.2. The molecule has 17 heavy (non-hydrogen) atoms. The number of aromatic nitrogens is 1. The average Bonchev–Trinajstić information content (AvgIpc) is 2.25. The first-order valence-corrected chi connectivity index (χ1v) is 5.73. The van der Waals surface area contributed by atoms with Crippen molar-refractivity contribution in [2.45, 2.75) is 45.4 Å². The molecular formula is C13H22N2O2. The van der Waals surface area contributed by atoms with E-state index in [4.69, 9.17) is 4.74 Å². The summed E-state index contributed by atoms with van der Waals surface area (Å²) >= 11 is 0. The summed E-state index contributed by atoms with van der Waals surface area (Å²) in [6.45, 7) is 8.10. The van der Waals surface area contributed by atoms with E-state index in [-0.39, 0.29) is 0 Å². The van der Waals surface area contributed by atoms with Crippen molar-refractivity contribution in [1.82, 2.24) is 10.3 Å². The molecule has 0 aromatic carbocycles. The standard InChI is InChI=1S/C13H22N2O2/c1-12(2,13(3,4)16)14-9-10-7-6-8-11(15-10)17-5/h6-8,14,16H,9H2,1-5H3. The van der Waals surface area contributed by atoms with Crippen LogP contribution < -0.4 is 10.1 Å². The molecule has 0 spiro atoms. The van der Waals surface area contributed by atoms with Crippen molar-refractivity contribution in [1.29, 1.82) is 0 Å². The molecule has 1 rings (SSSR count). The Bertz CT molecular complexity index is 370. The zero-order chi connectivity index (χ0) is 13.1. The number of methoxy groups -OCH3 is 1. The first-order chi connectivity index (χ1) is 7.76. The van der Waals surface area contributed by atoms with Crippen LogP contribution in [-0.4, -0.2) is 28.3 Å². The molecule has 1 heterocycles. The van der Waals surface area contributed by atoms with Crippen molar-refractivity contribution in [3.8, 4) is 5.88 Å². The SMILES string of the molecule is COc1cccc(CNC(C)(C)C(C)(C)O)n1. The summed E-state index contributed by atoms with van der Waals surface area (Å²) < 4.78 is 5.07. The van der Waals surface area contributed by atoms with Gasteiger partial charge in [-0.25, -0.2) is 4.98 Å². The number of hydrogen-bond donors (Lipinski definition) is 2. The third-order valence-electron chi connectivity index (χ3n) is 3.23. The van der Waals surface area contributed by atoms with Crippen LogP contribution in [0.5, 0.6) is 5.88 Å². The van der Waals surface area contributed by atoms with Gasteiger partial charge >= 0.3 is 0 Å². The maximum Gasteiger partial charge on any atom is 0.213 e. The minimum atomic E-state index is -0.800. The second-order valence-corrected chi connectivity index (χ2v) is 5.21. The lowest BCUT2D eigenvalue weighted by Gasteiger charge is -2.38. The fourth-order valence-electron chi connectivity index (χ4n) is 1.20. The number of ether oxygens (including phenoxy) is 1.